The molecule has 2 aliphatic rings. The van der Waals surface area contributed by atoms with E-state index in [-0.39, 0.29) is 24.2 Å². The summed E-state index contributed by atoms with van der Waals surface area (Å²) in [7, 11) is 0. The van der Waals surface area contributed by atoms with E-state index in [2.05, 4.69) is 36.3 Å². The first-order valence-corrected chi connectivity index (χ1v) is 13.4. The van der Waals surface area contributed by atoms with Crippen LogP contribution in [0.4, 0.5) is 0 Å². The molecule has 2 bridgehead atoms. The lowest BCUT2D eigenvalue weighted by molar-refractivity contribution is -0.116. The molecule has 0 saturated heterocycles. The van der Waals surface area contributed by atoms with Crippen molar-refractivity contribution in [2.24, 2.45) is 11.8 Å². The molecule has 0 spiro atoms. The average molecular weight is 485 g/mol. The molecule has 5 nitrogen and oxygen atoms in total. The second kappa shape index (κ2) is 13.2. The van der Waals surface area contributed by atoms with E-state index >= 15 is 0 Å². The maximum absolute atomic E-state index is 12.7. The molecule has 0 radical (unpaired) electrons. The number of rotatable bonds is 2. The molecule has 0 fully saturated rings. The van der Waals surface area contributed by atoms with Gasteiger partial charge in [-0.1, -0.05) is 44.2 Å². The number of ether oxygens (including phenoxy) is 1. The van der Waals surface area contributed by atoms with Crippen LogP contribution < -0.4 is 5.32 Å². The van der Waals surface area contributed by atoms with Crippen LogP contribution in [-0.2, 0) is 9.53 Å². The molecular formula is C28H40N2O3S. The number of aryl methyl sites for hydroxylation is 1. The summed E-state index contributed by atoms with van der Waals surface area (Å²) >= 11 is 1.61. The van der Waals surface area contributed by atoms with Crippen molar-refractivity contribution in [2.75, 3.05) is 0 Å². The van der Waals surface area contributed by atoms with E-state index in [1.807, 2.05) is 43.5 Å². The van der Waals surface area contributed by atoms with Crippen LogP contribution in [0, 0.1) is 18.8 Å². The quantitative estimate of drug-likeness (QED) is 0.523. The molecule has 0 aliphatic carbocycles. The summed E-state index contributed by atoms with van der Waals surface area (Å²) < 4.78 is 6.28. The summed E-state index contributed by atoms with van der Waals surface area (Å²) in [5.74, 6) is 0.840. The predicted octanol–water partition coefficient (Wildman–Crippen LogP) is 5.76. The first-order valence-electron chi connectivity index (χ1n) is 12.5. The van der Waals surface area contributed by atoms with Gasteiger partial charge in [-0.15, -0.1) is 11.3 Å². The van der Waals surface area contributed by atoms with Gasteiger partial charge in [0.2, 0.25) is 5.91 Å². The van der Waals surface area contributed by atoms with Crippen LogP contribution in [0.1, 0.15) is 70.0 Å². The molecule has 2 aliphatic heterocycles. The third-order valence-electron chi connectivity index (χ3n) is 6.48. The molecule has 186 valence electrons. The van der Waals surface area contributed by atoms with Gasteiger partial charge in [0, 0.05) is 5.38 Å². The van der Waals surface area contributed by atoms with Crippen LogP contribution in [0.15, 0.2) is 47.4 Å². The van der Waals surface area contributed by atoms with Gasteiger partial charge in [0.05, 0.1) is 35.1 Å². The molecule has 1 amide bonds. The van der Waals surface area contributed by atoms with Crippen molar-refractivity contribution in [3.63, 3.8) is 0 Å². The number of carbonyl (C=O) groups is 1. The Bertz CT molecular complexity index is 917. The minimum Gasteiger partial charge on any atom is -0.389 e. The molecule has 1 unspecified atom stereocenters. The maximum atomic E-state index is 12.7. The van der Waals surface area contributed by atoms with Crippen molar-refractivity contribution >= 4 is 23.3 Å². The molecule has 2 N–H and O–H groups in total. The van der Waals surface area contributed by atoms with E-state index in [4.69, 9.17) is 4.74 Å². The zero-order valence-corrected chi connectivity index (χ0v) is 21.8. The minimum atomic E-state index is -0.485. The van der Waals surface area contributed by atoms with E-state index in [0.29, 0.717) is 24.7 Å². The van der Waals surface area contributed by atoms with E-state index in [9.17, 15) is 9.90 Å². The summed E-state index contributed by atoms with van der Waals surface area (Å²) in [5.41, 5.74) is 1.94. The van der Waals surface area contributed by atoms with Crippen molar-refractivity contribution in [1.29, 1.82) is 0 Å². The second-order valence-electron chi connectivity index (χ2n) is 9.99. The highest BCUT2D eigenvalue weighted by Gasteiger charge is 2.22. The van der Waals surface area contributed by atoms with Gasteiger partial charge in [-0.25, -0.2) is 4.98 Å². The fraction of sp³-hybridized carbons (Fsp3) is 0.571. The average Bonchev–Trinajstić information content (AvgIpc) is 3.16. The normalized spacial score (nSPS) is 34.0. The van der Waals surface area contributed by atoms with Crippen LogP contribution in [0.3, 0.4) is 0 Å². The van der Waals surface area contributed by atoms with Crippen molar-refractivity contribution in [3.05, 3.63) is 58.1 Å². The molecular weight excluding hydrogens is 444 g/mol. The Kier molecular flexibility index (Phi) is 10.3. The number of aromatic nitrogens is 1. The number of aliphatic hydroxyl groups excluding tert-OH is 1. The van der Waals surface area contributed by atoms with Gasteiger partial charge in [-0.2, -0.15) is 0 Å². The number of hydrogen-bond donors (Lipinski definition) is 2. The number of amides is 1. The zero-order valence-electron chi connectivity index (χ0n) is 20.9. The van der Waals surface area contributed by atoms with Gasteiger partial charge in [0.15, 0.2) is 0 Å². The number of thiazole rings is 1. The Morgan fingerprint density at radius 1 is 1.12 bits per heavy atom. The number of nitrogens with zero attached hydrogens (tertiary/aromatic N) is 1. The number of nitrogens with one attached hydrogen (secondary N) is 1. The minimum absolute atomic E-state index is 0.0152. The van der Waals surface area contributed by atoms with Gasteiger partial charge < -0.3 is 15.2 Å². The Labute approximate surface area is 208 Å². The molecule has 1 aromatic heterocycles. The first kappa shape index (κ1) is 26.6. The van der Waals surface area contributed by atoms with E-state index in [1.165, 1.54) is 0 Å². The Balaban J connectivity index is 1.76. The highest BCUT2D eigenvalue weighted by Crippen LogP contribution is 2.26. The fourth-order valence-electron chi connectivity index (χ4n) is 4.87. The van der Waals surface area contributed by atoms with Gasteiger partial charge in [0.1, 0.15) is 0 Å². The Hall–Kier alpha value is -2.02. The highest BCUT2D eigenvalue weighted by atomic mass is 32.1. The summed E-state index contributed by atoms with van der Waals surface area (Å²) in [5, 5.41) is 16.7. The van der Waals surface area contributed by atoms with Crippen molar-refractivity contribution < 1.29 is 14.6 Å². The van der Waals surface area contributed by atoms with Crippen LogP contribution in [0.5, 0.6) is 0 Å². The van der Waals surface area contributed by atoms with Gasteiger partial charge >= 0.3 is 0 Å². The molecule has 0 saturated carbocycles. The van der Waals surface area contributed by atoms with Crippen LogP contribution in [0.2, 0.25) is 0 Å². The van der Waals surface area contributed by atoms with Crippen LogP contribution in [0.25, 0.3) is 6.08 Å². The second-order valence-corrected chi connectivity index (χ2v) is 11.1. The molecule has 6 atom stereocenters. The topological polar surface area (TPSA) is 71.5 Å². The molecule has 34 heavy (non-hydrogen) atoms. The molecule has 3 heterocycles. The van der Waals surface area contributed by atoms with Gasteiger partial charge in [-0.3, -0.25) is 4.79 Å². The summed E-state index contributed by atoms with van der Waals surface area (Å²) in [4.78, 5) is 17.2. The smallest absolute Gasteiger partial charge is 0.244 e. The van der Waals surface area contributed by atoms with Crippen LogP contribution >= 0.6 is 11.3 Å². The fourth-order valence-corrected chi connectivity index (χ4v) is 5.44. The van der Waals surface area contributed by atoms with Gasteiger partial charge in [-0.05, 0) is 81.9 Å². The van der Waals surface area contributed by atoms with Crippen molar-refractivity contribution in [3.8, 4) is 0 Å². The van der Waals surface area contributed by atoms with Crippen LogP contribution in [-0.4, -0.2) is 40.4 Å². The Morgan fingerprint density at radius 3 is 2.65 bits per heavy atom. The van der Waals surface area contributed by atoms with E-state index in [0.717, 1.165) is 42.0 Å². The van der Waals surface area contributed by atoms with Crippen molar-refractivity contribution in [2.45, 2.75) is 90.6 Å². The number of carbonyl (C=O) groups excluding carboxylic acids is 1. The van der Waals surface area contributed by atoms with Gasteiger partial charge in [0.25, 0.3) is 0 Å². The lowest BCUT2D eigenvalue weighted by Crippen LogP contribution is -2.34. The predicted molar refractivity (Wildman–Crippen MR) is 141 cm³/mol. The molecule has 0 aromatic carbocycles. The number of aliphatic hydroxyl groups is 1. The Morgan fingerprint density at radius 2 is 1.88 bits per heavy atom. The maximum Gasteiger partial charge on any atom is 0.244 e. The first-order chi connectivity index (χ1) is 16.3. The lowest BCUT2D eigenvalue weighted by atomic mass is 9.88. The SMILES string of the molecule is C/C(=C\c1csc(C)n1)[C@@H]1C/C=C/[C@@H](O)CC(C)C[C@H](C)C[C@@H]2CC=C[C@@H](C/C=C/C(=O)N1)O2. The zero-order chi connectivity index (χ0) is 24.5. The number of fused-ring (bicyclic) bond motifs is 2. The summed E-state index contributed by atoms with van der Waals surface area (Å²) in [6.07, 6.45) is 18.5. The third kappa shape index (κ3) is 8.97. The standard InChI is InChI=1S/C28H40N2O3S/c1-19-14-20(2)16-26-11-6-9-25(33-26)10-7-13-28(32)30-27(12-5-8-24(31)15-19)21(3)17-23-18-34-22(4)29-23/h5-9,13,17-20,24-27,31H,10-12,14-16H2,1-4H3,(H,30,32)/b8-5+,13-7+,21-17+/t19?,20-,24+,25-,26-,27-/m0/s1. The molecule has 3 rings (SSSR count). The summed E-state index contributed by atoms with van der Waals surface area (Å²) in [6, 6.07) is -0.172. The van der Waals surface area contributed by atoms with E-state index < -0.39 is 6.10 Å². The monoisotopic (exact) mass is 484 g/mol. The number of hydrogen-bond acceptors (Lipinski definition) is 5. The third-order valence-corrected chi connectivity index (χ3v) is 7.27. The van der Waals surface area contributed by atoms with E-state index in [1.54, 1.807) is 17.4 Å². The van der Waals surface area contributed by atoms with Crippen molar-refractivity contribution in [1.82, 2.24) is 10.3 Å². The lowest BCUT2D eigenvalue weighted by Gasteiger charge is -2.28. The summed E-state index contributed by atoms with van der Waals surface area (Å²) in [6.45, 7) is 8.50. The molecule has 1 aromatic rings. The largest absolute Gasteiger partial charge is 0.389 e. The molecule has 6 heteroatoms. The highest BCUT2D eigenvalue weighted by molar-refractivity contribution is 7.09.